The van der Waals surface area contributed by atoms with Gasteiger partial charge in [0, 0.05) is 66.8 Å². The van der Waals surface area contributed by atoms with Gasteiger partial charge in [-0.05, 0) is 25.0 Å². The van der Waals surface area contributed by atoms with Crippen LogP contribution in [-0.2, 0) is 31.7 Å². The van der Waals surface area contributed by atoms with E-state index in [9.17, 15) is 19.8 Å². The largest absolute Gasteiger partial charge is 0.545 e. The van der Waals surface area contributed by atoms with Gasteiger partial charge in [0.2, 0.25) is 0 Å². The van der Waals surface area contributed by atoms with Crippen molar-refractivity contribution >= 4 is 11.9 Å². The molecule has 12 aromatic rings. The van der Waals surface area contributed by atoms with Crippen LogP contribution in [0.3, 0.4) is 0 Å². The summed E-state index contributed by atoms with van der Waals surface area (Å²) in [6, 6.07) is 134. The van der Waals surface area contributed by atoms with E-state index in [-0.39, 0.29) is 0 Å². The Balaban J connectivity index is 0.000000184. The minimum absolute atomic E-state index is 0.384. The lowest BCUT2D eigenvalue weighted by Crippen LogP contribution is -3.25. The number of carboxylic acid groups (broad SMARTS) is 2. The minimum Gasteiger partial charge on any atom is -0.545 e. The van der Waals surface area contributed by atoms with Crippen molar-refractivity contribution in [1.29, 1.82) is 0 Å². The minimum atomic E-state index is -1.55. The third kappa shape index (κ3) is 13.9. The normalized spacial score (nSPS) is 11.7. The zero-order chi connectivity index (χ0) is 65.3. The summed E-state index contributed by atoms with van der Waals surface area (Å²) in [6.07, 6.45) is 5.14. The SMILES string of the molecule is CCCC[NH+](C(c1ccccc1)(c1ccccc1)c1ccccc1)C(c1ccccc1)(c1ccccc1)c1ccccc1.CCCC[NH+](C(c1ccccc1)(c1ccccc1)c1ccccc1)C(c1ccccc1)(c1ccccc1)c1ccccc1.O=C([O-])/C=C\C(=O)[O-]. The fourth-order valence-corrected chi connectivity index (χ4v) is 14.5. The van der Waals surface area contributed by atoms with Crippen LogP contribution in [0.4, 0.5) is 0 Å². The Morgan fingerprint density at radius 2 is 0.362 bits per heavy atom. The molecule has 0 aliphatic carbocycles. The van der Waals surface area contributed by atoms with Crippen molar-refractivity contribution in [3.05, 3.63) is 443 Å². The summed E-state index contributed by atoms with van der Waals surface area (Å²) in [7, 11) is 0. The summed E-state index contributed by atoms with van der Waals surface area (Å²) >= 11 is 0. The Hall–Kier alpha value is -10.8. The molecule has 12 aromatic carbocycles. The van der Waals surface area contributed by atoms with Crippen LogP contribution in [0.15, 0.2) is 376 Å². The van der Waals surface area contributed by atoms with E-state index in [2.05, 4.69) is 378 Å². The van der Waals surface area contributed by atoms with Crippen LogP contribution in [0.5, 0.6) is 0 Å². The number of unbranched alkanes of at least 4 members (excludes halogenated alkanes) is 2. The first kappa shape index (κ1) is 66.2. The van der Waals surface area contributed by atoms with E-state index >= 15 is 0 Å². The molecular formula is C88H82N2O4. The van der Waals surface area contributed by atoms with E-state index in [0.717, 1.165) is 38.8 Å². The van der Waals surface area contributed by atoms with Crippen molar-refractivity contribution in [3.63, 3.8) is 0 Å². The highest BCUT2D eigenvalue weighted by Gasteiger charge is 2.60. The van der Waals surface area contributed by atoms with E-state index in [1.807, 2.05) is 0 Å². The third-order valence-electron chi connectivity index (χ3n) is 18.2. The molecule has 0 heterocycles. The number of carboxylic acids is 2. The monoisotopic (exact) mass is 1230 g/mol. The van der Waals surface area contributed by atoms with Gasteiger partial charge in [-0.2, -0.15) is 0 Å². The molecule has 0 atom stereocenters. The van der Waals surface area contributed by atoms with Gasteiger partial charge in [-0.15, -0.1) is 0 Å². The van der Waals surface area contributed by atoms with Crippen molar-refractivity contribution in [2.24, 2.45) is 0 Å². The molecule has 0 aliphatic rings. The molecule has 6 heteroatoms. The quantitative estimate of drug-likeness (QED) is 0.0466. The van der Waals surface area contributed by atoms with E-state index in [0.29, 0.717) is 12.2 Å². The van der Waals surface area contributed by atoms with Gasteiger partial charge < -0.3 is 29.6 Å². The Labute approximate surface area is 556 Å². The van der Waals surface area contributed by atoms with Crippen molar-refractivity contribution in [1.82, 2.24) is 0 Å². The fourth-order valence-electron chi connectivity index (χ4n) is 14.5. The van der Waals surface area contributed by atoms with Crippen LogP contribution < -0.4 is 20.0 Å². The fraction of sp³-hybridized carbons (Fsp3) is 0.136. The summed E-state index contributed by atoms with van der Waals surface area (Å²) in [5.41, 5.74) is 13.2. The molecule has 0 saturated carbocycles. The second-order valence-electron chi connectivity index (χ2n) is 23.5. The molecule has 0 bridgehead atoms. The predicted molar refractivity (Wildman–Crippen MR) is 377 cm³/mol. The maximum atomic E-state index is 9.41. The number of carbonyl (C=O) groups excluding carboxylic acids is 2. The molecule has 2 N–H and O–H groups in total. The Bertz CT molecular complexity index is 3270. The highest BCUT2D eigenvalue weighted by Crippen LogP contribution is 2.44. The maximum absolute atomic E-state index is 9.41. The lowest BCUT2D eigenvalue weighted by molar-refractivity contribution is -0.992. The second kappa shape index (κ2) is 32.5. The molecular weight excluding hydrogens is 1150 g/mol. The lowest BCUT2D eigenvalue weighted by Gasteiger charge is -2.53. The van der Waals surface area contributed by atoms with Gasteiger partial charge in [-0.3, -0.25) is 0 Å². The van der Waals surface area contributed by atoms with E-state index in [1.165, 1.54) is 76.6 Å². The Morgan fingerprint density at radius 3 is 0.457 bits per heavy atom. The van der Waals surface area contributed by atoms with Crippen molar-refractivity contribution < 1.29 is 29.6 Å². The van der Waals surface area contributed by atoms with Crippen molar-refractivity contribution in [2.45, 2.75) is 61.7 Å². The topological polar surface area (TPSA) is 89.1 Å². The van der Waals surface area contributed by atoms with Crippen molar-refractivity contribution in [2.75, 3.05) is 13.1 Å². The number of quaternary nitrogens is 2. The molecule has 0 unspecified atom stereocenters. The number of aliphatic carboxylic acids is 2. The zero-order valence-electron chi connectivity index (χ0n) is 53.7. The first-order chi connectivity index (χ1) is 46.3. The highest BCUT2D eigenvalue weighted by atomic mass is 16.4. The summed E-state index contributed by atoms with van der Waals surface area (Å²) in [6.45, 7) is 6.52. The van der Waals surface area contributed by atoms with Gasteiger partial charge in [-0.1, -0.05) is 391 Å². The maximum Gasteiger partial charge on any atom is 0.176 e. The van der Waals surface area contributed by atoms with E-state index in [4.69, 9.17) is 0 Å². The lowest BCUT2D eigenvalue weighted by atomic mass is 9.67. The van der Waals surface area contributed by atoms with Crippen LogP contribution >= 0.6 is 0 Å². The van der Waals surface area contributed by atoms with Crippen LogP contribution in [0.1, 0.15) is 106 Å². The first-order valence-electron chi connectivity index (χ1n) is 32.8. The third-order valence-corrected chi connectivity index (χ3v) is 18.2. The van der Waals surface area contributed by atoms with Crippen LogP contribution in [0, 0.1) is 0 Å². The Morgan fingerprint density at radius 1 is 0.245 bits per heavy atom. The van der Waals surface area contributed by atoms with E-state index < -0.39 is 34.1 Å². The molecule has 0 aromatic heterocycles. The molecule has 12 rings (SSSR count). The number of rotatable bonds is 24. The van der Waals surface area contributed by atoms with Crippen LogP contribution in [-0.4, -0.2) is 25.0 Å². The summed E-state index contributed by atoms with van der Waals surface area (Å²) in [5.74, 6) is -3.09. The molecule has 94 heavy (non-hydrogen) atoms. The van der Waals surface area contributed by atoms with Crippen molar-refractivity contribution in [3.8, 4) is 0 Å². The van der Waals surface area contributed by atoms with E-state index in [1.54, 1.807) is 0 Å². The van der Waals surface area contributed by atoms with Gasteiger partial charge in [0.05, 0.1) is 25.0 Å². The molecule has 468 valence electrons. The number of benzene rings is 12. The summed E-state index contributed by atoms with van der Waals surface area (Å²) < 4.78 is 0. The van der Waals surface area contributed by atoms with Gasteiger partial charge in [0.1, 0.15) is 0 Å². The molecule has 6 nitrogen and oxygen atoms in total. The zero-order valence-corrected chi connectivity index (χ0v) is 53.7. The predicted octanol–water partition coefficient (Wildman–Crippen LogP) is 14.4. The molecule has 0 fully saturated rings. The molecule has 0 aliphatic heterocycles. The molecule has 0 spiro atoms. The van der Waals surface area contributed by atoms with Gasteiger partial charge in [-0.25, -0.2) is 0 Å². The average molecular weight is 1230 g/mol. The number of hydrogen-bond donors (Lipinski definition) is 2. The molecule has 0 amide bonds. The standard InChI is InChI=1S/2C42H39N.C4H4O4/c2*1-2-3-34-43(41(35-22-10-4-11-23-35,36-24-12-5-13-25-36)37-26-14-6-15-27-37)42(38-28-16-7-17-29-38,39-30-18-8-19-31-39)40-32-20-9-21-33-40;5-3(6)1-2-4(7)8/h2*4-33H,2-3,34H2,1H3;1-2H,(H,5,6)(H,7,8)/b;;2-1-. The first-order valence-corrected chi connectivity index (χ1v) is 32.8. The van der Waals surface area contributed by atoms with Gasteiger partial charge in [0.15, 0.2) is 22.2 Å². The summed E-state index contributed by atoms with van der Waals surface area (Å²) in [5, 5.41) is 18.8. The highest BCUT2D eigenvalue weighted by molar-refractivity contribution is 5.87. The molecule has 0 saturated heterocycles. The smallest absolute Gasteiger partial charge is 0.176 e. The van der Waals surface area contributed by atoms with Crippen LogP contribution in [0.25, 0.3) is 0 Å². The second-order valence-corrected chi connectivity index (χ2v) is 23.5. The van der Waals surface area contributed by atoms with Crippen LogP contribution in [0.2, 0.25) is 0 Å². The molecule has 0 radical (unpaired) electrons. The number of carbonyl (C=O) groups is 2. The number of nitrogens with one attached hydrogen (secondary N) is 2. The summed E-state index contributed by atoms with van der Waals surface area (Å²) in [4.78, 5) is 21.8. The average Bonchev–Trinajstić information content (AvgIpc) is 0.718. The van der Waals surface area contributed by atoms with Gasteiger partial charge in [0.25, 0.3) is 0 Å². The number of hydrogen-bond acceptors (Lipinski definition) is 4. The van der Waals surface area contributed by atoms with Gasteiger partial charge >= 0.3 is 0 Å². The Kier molecular flexibility index (Phi) is 22.9.